The molecule has 0 saturated heterocycles. The molecule has 0 radical (unpaired) electrons. The summed E-state index contributed by atoms with van der Waals surface area (Å²) in [6.45, 7) is 0.938. The highest BCUT2D eigenvalue weighted by Crippen LogP contribution is 1.91. The van der Waals surface area contributed by atoms with Crippen LogP contribution in [0.25, 0.3) is 0 Å². The third-order valence-electron chi connectivity index (χ3n) is 1.58. The number of hydrogen-bond donors (Lipinski definition) is 3. The molecule has 0 aromatic carbocycles. The number of hydrogen-bond acceptors (Lipinski definition) is 4. The van der Waals surface area contributed by atoms with Gasteiger partial charge < -0.3 is 15.5 Å². The average Bonchev–Trinajstić information content (AvgIpc) is 2.36. The highest BCUT2D eigenvalue weighted by molar-refractivity contribution is 6.27. The first-order valence-electron chi connectivity index (χ1n) is 5.07. The molecule has 3 N–H and O–H groups in total. The molecule has 18 heavy (non-hydrogen) atoms. The maximum Gasteiger partial charge on any atom is 0.414 e. The van der Waals surface area contributed by atoms with E-state index < -0.39 is 11.9 Å². The Balaban J connectivity index is 0.000000411. The average molecular weight is 250 g/mol. The van der Waals surface area contributed by atoms with Crippen LogP contribution in [-0.2, 0) is 9.59 Å². The molecule has 1 aromatic rings. The summed E-state index contributed by atoms with van der Waals surface area (Å²) < 4.78 is 0. The number of carboxylic acid groups (broad SMARTS) is 2. The highest BCUT2D eigenvalue weighted by Gasteiger charge is 2.04. The molecule has 0 fully saturated rings. The van der Waals surface area contributed by atoms with Crippen molar-refractivity contribution in [2.24, 2.45) is 0 Å². The molecule has 0 unspecified atom stereocenters. The Hall–Kier alpha value is -2.39. The van der Waals surface area contributed by atoms with Crippen molar-refractivity contribution in [1.29, 1.82) is 0 Å². The number of aromatic nitrogens is 1. The second-order valence-corrected chi connectivity index (χ2v) is 3.01. The van der Waals surface area contributed by atoms with Crippen LogP contribution in [0.15, 0.2) is 24.5 Å². The van der Waals surface area contributed by atoms with Crippen LogP contribution >= 0.6 is 0 Å². The summed E-state index contributed by atoms with van der Waals surface area (Å²) in [6.07, 6.45) is 4.40. The largest absolute Gasteiger partial charge is 0.473 e. The van der Waals surface area contributed by atoms with Crippen LogP contribution in [-0.4, -0.2) is 40.7 Å². The summed E-state index contributed by atoms with van der Waals surface area (Å²) >= 11 is 0. The Kier molecular flexibility index (Phi) is 8.51. The van der Waals surface area contributed by atoms with Gasteiger partial charge >= 0.3 is 11.9 Å². The first-order valence-corrected chi connectivity index (χ1v) is 5.07. The molecule has 96 valence electrons. The lowest BCUT2D eigenvalue weighted by molar-refractivity contribution is -0.159. The van der Waals surface area contributed by atoms with Crippen molar-refractivity contribution in [2.45, 2.75) is 6.42 Å². The number of pyridine rings is 1. The smallest absolute Gasteiger partial charge is 0.414 e. The number of nitrogens with one attached hydrogen (secondary N) is 1. The highest BCUT2D eigenvalue weighted by atomic mass is 16.4. The fraction of sp³-hybridized carbons (Fsp3) is 0.250. The summed E-state index contributed by atoms with van der Waals surface area (Å²) in [5, 5.41) is 17.8. The van der Waals surface area contributed by atoms with Crippen molar-refractivity contribution in [3.63, 3.8) is 0 Å². The summed E-state index contributed by atoms with van der Waals surface area (Å²) in [6, 6.07) is 3.85. The van der Waals surface area contributed by atoms with E-state index in [1.165, 1.54) is 0 Å². The second-order valence-electron chi connectivity index (χ2n) is 3.01. The van der Waals surface area contributed by atoms with Gasteiger partial charge in [-0.05, 0) is 19.2 Å². The number of carbonyl (C=O) groups is 2. The molecule has 0 amide bonds. The fourth-order valence-corrected chi connectivity index (χ4v) is 0.789. The van der Waals surface area contributed by atoms with E-state index >= 15 is 0 Å². The number of aliphatic carboxylic acids is 2. The summed E-state index contributed by atoms with van der Waals surface area (Å²) in [7, 11) is 1.92. The monoisotopic (exact) mass is 250 g/mol. The number of carboxylic acids is 2. The van der Waals surface area contributed by atoms with Crippen LogP contribution < -0.4 is 5.32 Å². The van der Waals surface area contributed by atoms with Crippen LogP contribution in [0, 0.1) is 11.8 Å². The lowest BCUT2D eigenvalue weighted by Crippen LogP contribution is -2.09. The van der Waals surface area contributed by atoms with Gasteiger partial charge in [-0.1, -0.05) is 11.8 Å². The Bertz CT molecular complexity index is 422. The summed E-state index contributed by atoms with van der Waals surface area (Å²) in [4.78, 5) is 22.2. The van der Waals surface area contributed by atoms with E-state index in [4.69, 9.17) is 19.8 Å². The van der Waals surface area contributed by atoms with E-state index in [1.54, 1.807) is 12.4 Å². The van der Waals surface area contributed by atoms with Crippen molar-refractivity contribution in [3.8, 4) is 11.8 Å². The minimum atomic E-state index is -1.82. The molecular formula is C12H14N2O4. The zero-order valence-electron chi connectivity index (χ0n) is 9.88. The Labute approximate surface area is 105 Å². The minimum absolute atomic E-state index is 0.880. The van der Waals surface area contributed by atoms with Gasteiger partial charge in [-0.15, -0.1) is 0 Å². The van der Waals surface area contributed by atoms with Gasteiger partial charge in [-0.3, -0.25) is 4.98 Å². The zero-order valence-corrected chi connectivity index (χ0v) is 9.88. The first-order chi connectivity index (χ1) is 8.57. The van der Waals surface area contributed by atoms with E-state index in [2.05, 4.69) is 22.1 Å². The van der Waals surface area contributed by atoms with Crippen LogP contribution in [0.2, 0.25) is 0 Å². The molecule has 0 bridgehead atoms. The Morgan fingerprint density at radius 1 is 1.39 bits per heavy atom. The van der Waals surface area contributed by atoms with Gasteiger partial charge in [0, 0.05) is 30.9 Å². The van der Waals surface area contributed by atoms with Gasteiger partial charge in [-0.25, -0.2) is 9.59 Å². The maximum atomic E-state index is 9.10. The van der Waals surface area contributed by atoms with E-state index in [9.17, 15) is 0 Å². The fourth-order valence-electron chi connectivity index (χ4n) is 0.789. The topological polar surface area (TPSA) is 99.5 Å². The first kappa shape index (κ1) is 15.6. The van der Waals surface area contributed by atoms with Crippen molar-refractivity contribution < 1.29 is 19.8 Å². The van der Waals surface area contributed by atoms with E-state index in [-0.39, 0.29) is 0 Å². The van der Waals surface area contributed by atoms with Crippen molar-refractivity contribution in [1.82, 2.24) is 10.3 Å². The lowest BCUT2D eigenvalue weighted by Gasteiger charge is -1.88. The zero-order chi connectivity index (χ0) is 13.8. The van der Waals surface area contributed by atoms with Gasteiger partial charge in [-0.2, -0.15) is 0 Å². The Morgan fingerprint density at radius 2 is 2.06 bits per heavy atom. The molecule has 0 saturated carbocycles. The van der Waals surface area contributed by atoms with Gasteiger partial charge in [0.2, 0.25) is 0 Å². The molecule has 1 rings (SSSR count). The van der Waals surface area contributed by atoms with Gasteiger partial charge in [0.1, 0.15) is 0 Å². The standard InChI is InChI=1S/C10H12N2.C2H2O4/c1-11-7-3-2-5-10-6-4-8-12-9-10;3-1(4)2(5)6/h4,6,8-9,11H,3,7H2,1H3;(H,3,4)(H,5,6). The maximum absolute atomic E-state index is 9.10. The molecule has 0 aliphatic carbocycles. The molecule has 6 nitrogen and oxygen atoms in total. The lowest BCUT2D eigenvalue weighted by atomic mass is 10.3. The number of nitrogens with zero attached hydrogens (tertiary/aromatic N) is 1. The molecule has 1 aromatic heterocycles. The minimum Gasteiger partial charge on any atom is -0.473 e. The van der Waals surface area contributed by atoms with Crippen LogP contribution in [0.3, 0.4) is 0 Å². The summed E-state index contributed by atoms with van der Waals surface area (Å²) in [5.41, 5.74) is 0.980. The second kappa shape index (κ2) is 9.81. The van der Waals surface area contributed by atoms with Crippen LogP contribution in [0.1, 0.15) is 12.0 Å². The molecule has 1 heterocycles. The van der Waals surface area contributed by atoms with E-state index in [0.717, 1.165) is 18.5 Å². The van der Waals surface area contributed by atoms with Crippen molar-refractivity contribution in [3.05, 3.63) is 30.1 Å². The number of rotatable bonds is 2. The molecule has 6 heteroatoms. The van der Waals surface area contributed by atoms with Crippen molar-refractivity contribution >= 4 is 11.9 Å². The van der Waals surface area contributed by atoms with Gasteiger partial charge in [0.25, 0.3) is 0 Å². The van der Waals surface area contributed by atoms with Gasteiger partial charge in [0.15, 0.2) is 0 Å². The summed E-state index contributed by atoms with van der Waals surface area (Å²) in [5.74, 6) is 2.43. The third kappa shape index (κ3) is 8.88. The predicted molar refractivity (Wildman–Crippen MR) is 64.9 cm³/mol. The van der Waals surface area contributed by atoms with Crippen molar-refractivity contribution in [2.75, 3.05) is 13.6 Å². The third-order valence-corrected chi connectivity index (χ3v) is 1.58. The van der Waals surface area contributed by atoms with Gasteiger partial charge in [0.05, 0.1) is 0 Å². The molecular weight excluding hydrogens is 236 g/mol. The Morgan fingerprint density at radius 3 is 2.50 bits per heavy atom. The molecule has 0 aliphatic heterocycles. The van der Waals surface area contributed by atoms with E-state index in [1.807, 2.05) is 19.2 Å². The SMILES string of the molecule is CNCCC#Cc1cccnc1.O=C(O)C(=O)O. The normalized spacial score (nSPS) is 8.28. The van der Waals surface area contributed by atoms with Crippen LogP contribution in [0.4, 0.5) is 0 Å². The quantitative estimate of drug-likeness (QED) is 0.394. The molecule has 0 spiro atoms. The molecule has 0 aliphatic rings. The predicted octanol–water partition coefficient (Wildman–Crippen LogP) is 0.198. The van der Waals surface area contributed by atoms with Crippen LogP contribution in [0.5, 0.6) is 0 Å². The van der Waals surface area contributed by atoms with E-state index in [0.29, 0.717) is 0 Å². The molecule has 0 atom stereocenters.